The van der Waals surface area contributed by atoms with Crippen LogP contribution in [0.15, 0.2) is 46.7 Å². The van der Waals surface area contributed by atoms with Crippen molar-refractivity contribution >= 4 is 11.6 Å². The molecule has 1 aromatic rings. The fraction of sp³-hybridized carbons (Fsp3) is 0.577. The number of hydrogen-bond acceptors (Lipinski definition) is 4. The van der Waals surface area contributed by atoms with E-state index in [-0.39, 0.29) is 29.2 Å². The molecule has 2 unspecified atom stereocenters. The molecule has 1 N–H and O–H groups in total. The molecule has 3 rings (SSSR count). The van der Waals surface area contributed by atoms with Gasteiger partial charge in [-0.2, -0.15) is 10.2 Å². The smallest absolute Gasteiger partial charge is 0.226 e. The zero-order valence-electron chi connectivity index (χ0n) is 20.3. The Balaban J connectivity index is 1.80. The first-order valence-corrected chi connectivity index (χ1v) is 11.6. The van der Waals surface area contributed by atoms with Gasteiger partial charge in [0.2, 0.25) is 5.91 Å². The number of nitrogens with zero attached hydrogens (tertiary/aromatic N) is 2. The number of hydrogen-bond donors (Lipinski definition) is 1. The number of carbonyl (C=O) groups excluding carboxylic acids is 1. The van der Waals surface area contributed by atoms with E-state index in [2.05, 4.69) is 36.0 Å². The van der Waals surface area contributed by atoms with Crippen molar-refractivity contribution in [1.29, 1.82) is 0 Å². The van der Waals surface area contributed by atoms with E-state index >= 15 is 0 Å². The second-order valence-electron chi connectivity index (χ2n) is 10.1. The number of nitrogens with one attached hydrogen (secondary N) is 1. The van der Waals surface area contributed by atoms with Gasteiger partial charge >= 0.3 is 0 Å². The quantitative estimate of drug-likeness (QED) is 0.406. The SMILES string of the molecule is C=C(/C=C(\N=N/C)c1c(F)cccc1F)C1CCC(C)(C(=O)NC[C@H]2CO[C@H](C)C2)C1(C)C. The van der Waals surface area contributed by atoms with Crippen molar-refractivity contribution in [3.8, 4) is 0 Å². The van der Waals surface area contributed by atoms with Crippen molar-refractivity contribution in [1.82, 2.24) is 5.32 Å². The van der Waals surface area contributed by atoms with Gasteiger partial charge in [0, 0.05) is 19.5 Å². The maximum absolute atomic E-state index is 14.4. The Bertz CT molecular complexity index is 952. The van der Waals surface area contributed by atoms with Crippen LogP contribution in [0.5, 0.6) is 0 Å². The van der Waals surface area contributed by atoms with Gasteiger partial charge < -0.3 is 10.1 Å². The van der Waals surface area contributed by atoms with Crippen LogP contribution in [-0.2, 0) is 9.53 Å². The van der Waals surface area contributed by atoms with E-state index in [1.54, 1.807) is 6.08 Å². The molecule has 1 aliphatic carbocycles. The Labute approximate surface area is 195 Å². The van der Waals surface area contributed by atoms with Gasteiger partial charge in [-0.25, -0.2) is 8.78 Å². The van der Waals surface area contributed by atoms with Gasteiger partial charge in [-0.05, 0) is 61.3 Å². The van der Waals surface area contributed by atoms with Crippen LogP contribution >= 0.6 is 0 Å². The Kier molecular flexibility index (Phi) is 7.52. The second kappa shape index (κ2) is 9.84. The summed E-state index contributed by atoms with van der Waals surface area (Å²) in [5.41, 5.74) is -0.489. The summed E-state index contributed by atoms with van der Waals surface area (Å²) in [4.78, 5) is 13.3. The van der Waals surface area contributed by atoms with Gasteiger partial charge in [0.05, 0.1) is 29.4 Å². The maximum Gasteiger partial charge on any atom is 0.226 e. The monoisotopic (exact) mass is 459 g/mol. The van der Waals surface area contributed by atoms with Crippen LogP contribution in [0.3, 0.4) is 0 Å². The van der Waals surface area contributed by atoms with Crippen molar-refractivity contribution in [2.24, 2.45) is 32.9 Å². The predicted molar refractivity (Wildman–Crippen MR) is 125 cm³/mol. The molecular weight excluding hydrogens is 424 g/mol. The van der Waals surface area contributed by atoms with Crippen LogP contribution in [0.1, 0.15) is 52.5 Å². The Hall–Kier alpha value is -2.41. The molecule has 0 spiro atoms. The number of benzene rings is 1. The van der Waals surface area contributed by atoms with E-state index in [0.717, 1.165) is 12.8 Å². The highest BCUT2D eigenvalue weighted by molar-refractivity contribution is 5.84. The molecule has 2 fully saturated rings. The van der Waals surface area contributed by atoms with E-state index in [4.69, 9.17) is 4.74 Å². The summed E-state index contributed by atoms with van der Waals surface area (Å²) in [6, 6.07) is 3.70. The fourth-order valence-electron chi connectivity index (χ4n) is 5.31. The van der Waals surface area contributed by atoms with E-state index in [1.807, 2.05) is 13.8 Å². The zero-order valence-corrected chi connectivity index (χ0v) is 20.3. The number of amides is 1. The first-order valence-electron chi connectivity index (χ1n) is 11.6. The highest BCUT2D eigenvalue weighted by Crippen LogP contribution is 2.58. The van der Waals surface area contributed by atoms with E-state index < -0.39 is 22.5 Å². The molecule has 1 heterocycles. The molecule has 1 amide bonds. The summed E-state index contributed by atoms with van der Waals surface area (Å²) < 4.78 is 34.4. The molecule has 1 aromatic carbocycles. The summed E-state index contributed by atoms with van der Waals surface area (Å²) >= 11 is 0. The number of allylic oxidation sites excluding steroid dienone is 2. The van der Waals surface area contributed by atoms with Crippen LogP contribution in [0.4, 0.5) is 8.78 Å². The van der Waals surface area contributed by atoms with Crippen molar-refractivity contribution in [2.45, 2.75) is 53.1 Å². The molecule has 2 aliphatic rings. The Morgan fingerprint density at radius 3 is 2.55 bits per heavy atom. The standard InChI is InChI=1S/C26H35F2N3O2/c1-16(12-22(31-29-6)23-20(27)8-7-9-21(23)28)19-10-11-26(5,25(19,3)4)24(32)30-14-18-13-17(2)33-15-18/h7-9,12,17-19H,1,10-11,13-15H2,2-6H3,(H,30,32)/b22-12-,31-29-/t17-,18+,19?,26?/m1/s1. The van der Waals surface area contributed by atoms with Gasteiger partial charge in [0.1, 0.15) is 11.6 Å². The molecule has 0 radical (unpaired) electrons. The number of azo groups is 1. The van der Waals surface area contributed by atoms with Crippen molar-refractivity contribution in [3.05, 3.63) is 53.6 Å². The minimum atomic E-state index is -0.707. The lowest BCUT2D eigenvalue weighted by atomic mass is 9.63. The minimum absolute atomic E-state index is 0.0277. The van der Waals surface area contributed by atoms with Crippen LogP contribution in [0.25, 0.3) is 5.70 Å². The molecule has 180 valence electrons. The van der Waals surface area contributed by atoms with Crippen LogP contribution < -0.4 is 5.32 Å². The lowest BCUT2D eigenvalue weighted by Gasteiger charge is -2.41. The molecule has 7 heteroatoms. The molecule has 33 heavy (non-hydrogen) atoms. The molecule has 1 aliphatic heterocycles. The highest BCUT2D eigenvalue weighted by atomic mass is 19.1. The Morgan fingerprint density at radius 1 is 1.30 bits per heavy atom. The van der Waals surface area contributed by atoms with Crippen LogP contribution in [0, 0.1) is 34.3 Å². The number of rotatable bonds is 7. The van der Waals surface area contributed by atoms with E-state index in [1.165, 1.54) is 25.2 Å². The van der Waals surface area contributed by atoms with Crippen LogP contribution in [-0.4, -0.2) is 32.2 Å². The molecule has 0 aromatic heterocycles. The molecule has 1 saturated carbocycles. The number of carbonyl (C=O) groups is 1. The summed E-state index contributed by atoms with van der Waals surface area (Å²) in [5, 5.41) is 10.9. The molecule has 1 saturated heterocycles. The van der Waals surface area contributed by atoms with Crippen molar-refractivity contribution < 1.29 is 18.3 Å². The first kappa shape index (κ1) is 25.2. The number of ether oxygens (including phenoxy) is 1. The van der Waals surface area contributed by atoms with Gasteiger partial charge in [-0.1, -0.05) is 33.4 Å². The summed E-state index contributed by atoms with van der Waals surface area (Å²) in [6.07, 6.45) is 4.22. The largest absolute Gasteiger partial charge is 0.378 e. The minimum Gasteiger partial charge on any atom is -0.378 e. The predicted octanol–water partition coefficient (Wildman–Crippen LogP) is 5.93. The second-order valence-corrected chi connectivity index (χ2v) is 10.1. The third kappa shape index (κ3) is 4.93. The van der Waals surface area contributed by atoms with E-state index in [0.29, 0.717) is 31.1 Å². The maximum atomic E-state index is 14.4. The molecular formula is C26H35F2N3O2. The normalized spacial score (nSPS) is 29.5. The fourth-order valence-corrected chi connectivity index (χ4v) is 5.31. The van der Waals surface area contributed by atoms with Crippen molar-refractivity contribution in [3.63, 3.8) is 0 Å². The topological polar surface area (TPSA) is 63.0 Å². The number of halogens is 2. The van der Waals surface area contributed by atoms with Gasteiger partial charge in [-0.3, -0.25) is 4.79 Å². The molecule has 4 atom stereocenters. The van der Waals surface area contributed by atoms with Gasteiger partial charge in [-0.15, -0.1) is 0 Å². The summed E-state index contributed by atoms with van der Waals surface area (Å²) in [7, 11) is 1.45. The molecule has 0 bridgehead atoms. The average molecular weight is 460 g/mol. The zero-order chi connectivity index (χ0) is 24.4. The summed E-state index contributed by atoms with van der Waals surface area (Å²) in [6.45, 7) is 13.7. The molecule has 5 nitrogen and oxygen atoms in total. The Morgan fingerprint density at radius 2 is 1.97 bits per heavy atom. The lowest BCUT2D eigenvalue weighted by Crippen LogP contribution is -2.48. The average Bonchev–Trinajstić information content (AvgIpc) is 3.26. The summed E-state index contributed by atoms with van der Waals surface area (Å²) in [5.74, 6) is -1.11. The third-order valence-corrected chi connectivity index (χ3v) is 7.76. The van der Waals surface area contributed by atoms with E-state index in [9.17, 15) is 13.6 Å². The van der Waals surface area contributed by atoms with Crippen molar-refractivity contribution in [2.75, 3.05) is 20.2 Å². The van der Waals surface area contributed by atoms with Crippen LogP contribution in [0.2, 0.25) is 0 Å². The first-order chi connectivity index (χ1) is 15.5. The highest BCUT2D eigenvalue weighted by Gasteiger charge is 2.56. The van der Waals surface area contributed by atoms with Gasteiger partial charge in [0.15, 0.2) is 0 Å². The third-order valence-electron chi connectivity index (χ3n) is 7.76. The lowest BCUT2D eigenvalue weighted by molar-refractivity contribution is -0.135. The van der Waals surface area contributed by atoms with Gasteiger partial charge in [0.25, 0.3) is 0 Å².